The summed E-state index contributed by atoms with van der Waals surface area (Å²) < 4.78 is 5.88. The number of carboxylic acid groups (broad SMARTS) is 1. The molecule has 3 aromatic rings. The van der Waals surface area contributed by atoms with Gasteiger partial charge in [-0.05, 0) is 79.2 Å². The summed E-state index contributed by atoms with van der Waals surface area (Å²) in [4.78, 5) is 27.9. The van der Waals surface area contributed by atoms with E-state index in [0.717, 1.165) is 41.6 Å². The van der Waals surface area contributed by atoms with Gasteiger partial charge in [0.05, 0.1) is 6.42 Å². The summed E-state index contributed by atoms with van der Waals surface area (Å²) in [5.41, 5.74) is 6.04. The summed E-state index contributed by atoms with van der Waals surface area (Å²) in [6.45, 7) is 10.5. The first-order valence-electron chi connectivity index (χ1n) is 15.3. The highest BCUT2D eigenvalue weighted by Gasteiger charge is 2.17. The van der Waals surface area contributed by atoms with Crippen molar-refractivity contribution >= 4 is 17.8 Å². The molecule has 0 saturated heterocycles. The Morgan fingerprint density at radius 1 is 0.955 bits per heavy atom. The van der Waals surface area contributed by atoms with Crippen LogP contribution in [0.3, 0.4) is 0 Å². The Morgan fingerprint density at radius 3 is 2.30 bits per heavy atom. The minimum atomic E-state index is -0.902. The standard InChI is InChI=1S/C36H48N4O4/c1-7-40(35(43)38-25-27-14-17-31(18-15-27)36(2,3)4)33(37)13-9-11-26-10-8-12-28(22-26)29-16-19-32(44-21-20-39(5)6)30(23-29)24-34(41)42/h8,10,12,14-19,22-23,37H,7,9,11,13,20-21,24-25H2,1-6H3,(H,38,43)(H,41,42). The molecule has 0 atom stereocenters. The zero-order valence-electron chi connectivity index (χ0n) is 27.1. The van der Waals surface area contributed by atoms with Crippen molar-refractivity contribution in [2.75, 3.05) is 33.8 Å². The molecule has 0 unspecified atom stereocenters. The highest BCUT2D eigenvalue weighted by Crippen LogP contribution is 2.28. The van der Waals surface area contributed by atoms with E-state index in [1.165, 1.54) is 10.5 Å². The Kier molecular flexibility index (Phi) is 12.5. The van der Waals surface area contributed by atoms with Crippen molar-refractivity contribution in [2.24, 2.45) is 0 Å². The average Bonchev–Trinajstić information content (AvgIpc) is 2.96. The maximum atomic E-state index is 12.9. The molecule has 0 aliphatic rings. The number of hydrogen-bond acceptors (Lipinski definition) is 5. The van der Waals surface area contributed by atoms with Crippen LogP contribution in [0.2, 0.25) is 0 Å². The molecule has 8 heteroatoms. The fourth-order valence-corrected chi connectivity index (χ4v) is 4.89. The number of benzene rings is 3. The molecule has 2 amide bonds. The highest BCUT2D eigenvalue weighted by molar-refractivity contribution is 5.95. The Hall–Kier alpha value is -4.17. The maximum Gasteiger partial charge on any atom is 0.323 e. The van der Waals surface area contributed by atoms with Gasteiger partial charge >= 0.3 is 12.0 Å². The summed E-state index contributed by atoms with van der Waals surface area (Å²) in [6.07, 6.45) is 1.85. The first-order chi connectivity index (χ1) is 20.9. The lowest BCUT2D eigenvalue weighted by Gasteiger charge is -2.22. The van der Waals surface area contributed by atoms with Crippen LogP contribution in [0.1, 0.15) is 62.8 Å². The van der Waals surface area contributed by atoms with Gasteiger partial charge in [-0.3, -0.25) is 15.1 Å². The molecule has 3 rings (SSSR count). The van der Waals surface area contributed by atoms with E-state index in [0.29, 0.717) is 43.3 Å². The fraction of sp³-hybridized carbons (Fsp3) is 0.417. The molecule has 0 aliphatic carbocycles. The van der Waals surface area contributed by atoms with Gasteiger partial charge in [-0.15, -0.1) is 0 Å². The van der Waals surface area contributed by atoms with Crippen LogP contribution in [0.4, 0.5) is 4.79 Å². The van der Waals surface area contributed by atoms with Crippen molar-refractivity contribution in [2.45, 2.75) is 65.3 Å². The number of carbonyl (C=O) groups is 2. The number of amidine groups is 1. The van der Waals surface area contributed by atoms with E-state index in [2.05, 4.69) is 50.4 Å². The number of carbonyl (C=O) groups excluding carboxylic acids is 1. The minimum absolute atomic E-state index is 0.0786. The van der Waals surface area contributed by atoms with Gasteiger partial charge < -0.3 is 20.1 Å². The molecule has 3 N–H and O–H groups in total. The lowest BCUT2D eigenvalue weighted by Crippen LogP contribution is -2.43. The van der Waals surface area contributed by atoms with E-state index in [1.807, 2.05) is 68.4 Å². The molecular weight excluding hydrogens is 552 g/mol. The lowest BCUT2D eigenvalue weighted by atomic mass is 9.87. The molecule has 0 spiro atoms. The van der Waals surface area contributed by atoms with Gasteiger partial charge in [-0.2, -0.15) is 0 Å². The Morgan fingerprint density at radius 2 is 1.66 bits per heavy atom. The van der Waals surface area contributed by atoms with Crippen molar-refractivity contribution in [3.05, 3.63) is 89.0 Å². The highest BCUT2D eigenvalue weighted by atomic mass is 16.5. The van der Waals surface area contributed by atoms with Crippen LogP contribution in [0, 0.1) is 5.41 Å². The molecule has 0 saturated carbocycles. The molecule has 236 valence electrons. The van der Waals surface area contributed by atoms with Crippen molar-refractivity contribution in [3.8, 4) is 16.9 Å². The molecule has 0 radical (unpaired) electrons. The first kappa shape index (κ1) is 34.3. The molecule has 3 aromatic carbocycles. The van der Waals surface area contributed by atoms with E-state index in [1.54, 1.807) is 0 Å². The molecule has 0 aliphatic heterocycles. The summed E-state index contributed by atoms with van der Waals surface area (Å²) in [6, 6.07) is 21.9. The summed E-state index contributed by atoms with van der Waals surface area (Å²) >= 11 is 0. The van der Waals surface area contributed by atoms with E-state index in [-0.39, 0.29) is 17.9 Å². The quantitative estimate of drug-likeness (QED) is 0.140. The molecule has 0 fully saturated rings. The maximum absolute atomic E-state index is 12.9. The average molecular weight is 601 g/mol. The third-order valence-corrected chi connectivity index (χ3v) is 7.49. The van der Waals surface area contributed by atoms with Crippen molar-refractivity contribution in [3.63, 3.8) is 0 Å². The van der Waals surface area contributed by atoms with Crippen LogP contribution in [0.15, 0.2) is 66.7 Å². The van der Waals surface area contributed by atoms with Gasteiger partial charge in [0.15, 0.2) is 0 Å². The Balaban J connectivity index is 1.57. The smallest absolute Gasteiger partial charge is 0.323 e. The first-order valence-corrected chi connectivity index (χ1v) is 15.3. The molecule has 0 aromatic heterocycles. The second-order valence-corrected chi connectivity index (χ2v) is 12.4. The topological polar surface area (TPSA) is 106 Å². The summed E-state index contributed by atoms with van der Waals surface area (Å²) in [7, 11) is 3.93. The largest absolute Gasteiger partial charge is 0.492 e. The second kappa shape index (κ2) is 16.1. The number of aryl methyl sites for hydroxylation is 1. The summed E-state index contributed by atoms with van der Waals surface area (Å²) in [5, 5.41) is 21.0. The van der Waals surface area contributed by atoms with Crippen molar-refractivity contribution in [1.29, 1.82) is 5.41 Å². The number of nitrogens with one attached hydrogen (secondary N) is 2. The fourth-order valence-electron chi connectivity index (χ4n) is 4.89. The second-order valence-electron chi connectivity index (χ2n) is 12.4. The Bertz CT molecular complexity index is 1410. The van der Waals surface area contributed by atoms with Crippen LogP contribution in [-0.4, -0.2) is 66.5 Å². The summed E-state index contributed by atoms with van der Waals surface area (Å²) in [5.74, 6) is -0.0107. The van der Waals surface area contributed by atoms with Crippen LogP contribution >= 0.6 is 0 Å². The van der Waals surface area contributed by atoms with E-state index >= 15 is 0 Å². The van der Waals surface area contributed by atoms with Gasteiger partial charge in [-0.25, -0.2) is 4.79 Å². The van der Waals surface area contributed by atoms with Crippen LogP contribution in [0.25, 0.3) is 11.1 Å². The molecule has 8 nitrogen and oxygen atoms in total. The number of urea groups is 1. The lowest BCUT2D eigenvalue weighted by molar-refractivity contribution is -0.136. The number of carboxylic acids is 1. The molecule has 44 heavy (non-hydrogen) atoms. The Labute approximate surface area is 262 Å². The normalized spacial score (nSPS) is 11.3. The van der Waals surface area contributed by atoms with Gasteiger partial charge in [-0.1, -0.05) is 75.4 Å². The number of rotatable bonds is 14. The van der Waals surface area contributed by atoms with Gasteiger partial charge in [0, 0.05) is 31.6 Å². The third-order valence-electron chi connectivity index (χ3n) is 7.49. The predicted molar refractivity (Wildman–Crippen MR) is 178 cm³/mol. The van der Waals surface area contributed by atoms with Crippen molar-refractivity contribution < 1.29 is 19.4 Å². The van der Waals surface area contributed by atoms with Crippen molar-refractivity contribution in [1.82, 2.24) is 15.1 Å². The number of hydrogen-bond donors (Lipinski definition) is 3. The number of ether oxygens (including phenoxy) is 1. The third kappa shape index (κ3) is 10.5. The van der Waals surface area contributed by atoms with Gasteiger partial charge in [0.2, 0.25) is 0 Å². The number of amides is 2. The molecule has 0 bridgehead atoms. The monoisotopic (exact) mass is 600 g/mol. The van der Waals surface area contributed by atoms with Crippen LogP contribution in [-0.2, 0) is 29.6 Å². The molecular formula is C36H48N4O4. The number of nitrogens with zero attached hydrogens (tertiary/aromatic N) is 2. The van der Waals surface area contributed by atoms with Crippen LogP contribution < -0.4 is 10.1 Å². The van der Waals surface area contributed by atoms with Gasteiger partial charge in [0.1, 0.15) is 18.2 Å². The zero-order valence-corrected chi connectivity index (χ0v) is 27.1. The minimum Gasteiger partial charge on any atom is -0.492 e. The van der Waals surface area contributed by atoms with E-state index < -0.39 is 5.97 Å². The van der Waals surface area contributed by atoms with E-state index in [9.17, 15) is 14.7 Å². The number of aliphatic carboxylic acids is 1. The predicted octanol–water partition coefficient (Wildman–Crippen LogP) is 6.75. The molecule has 0 heterocycles. The number of likely N-dealkylation sites (N-methyl/N-ethyl adjacent to an activating group) is 1. The van der Waals surface area contributed by atoms with Crippen LogP contribution in [0.5, 0.6) is 5.75 Å². The van der Waals surface area contributed by atoms with Gasteiger partial charge in [0.25, 0.3) is 0 Å². The SMILES string of the molecule is CCN(C(=N)CCCc1cccc(-c2ccc(OCCN(C)C)c(CC(=O)O)c2)c1)C(=O)NCc1ccc(C(C)(C)C)cc1. The zero-order chi connectivity index (χ0) is 32.3. The van der Waals surface area contributed by atoms with E-state index in [4.69, 9.17) is 10.1 Å².